The van der Waals surface area contributed by atoms with Gasteiger partial charge in [-0.1, -0.05) is 51.8 Å². The Hall–Kier alpha value is -1.95. The zero-order valence-corrected chi connectivity index (χ0v) is 14.7. The molecule has 0 saturated carbocycles. The second kappa shape index (κ2) is 5.55. The molecule has 120 valence electrons. The Morgan fingerprint density at radius 2 is 1.75 bits per heavy atom. The topological polar surface area (TPSA) is 68.1 Å². The molecule has 0 radical (unpaired) electrons. The summed E-state index contributed by atoms with van der Waals surface area (Å²) in [5.74, 6) is -0.206. The zero-order valence-electron chi connectivity index (χ0n) is 12.3. The molecule has 0 aromatic heterocycles. The van der Waals surface area contributed by atoms with Crippen LogP contribution in [0, 0.1) is 0 Å². The highest BCUT2D eigenvalue weighted by Crippen LogP contribution is 2.50. The number of carbonyl (C=O) groups excluding carboxylic acids is 2. The van der Waals surface area contributed by atoms with Crippen molar-refractivity contribution >= 4 is 45.4 Å². The summed E-state index contributed by atoms with van der Waals surface area (Å²) in [6.07, 6.45) is 0.762. The summed E-state index contributed by atoms with van der Waals surface area (Å²) in [6.45, 7) is 0. The van der Waals surface area contributed by atoms with Gasteiger partial charge in [0.1, 0.15) is 5.54 Å². The molecule has 2 aliphatic rings. The van der Waals surface area contributed by atoms with E-state index in [1.165, 1.54) is 0 Å². The summed E-state index contributed by atoms with van der Waals surface area (Å²) < 4.78 is 0.933. The normalized spacial score (nSPS) is 25.1. The number of hydrogen-bond donors (Lipinski definition) is 2. The summed E-state index contributed by atoms with van der Waals surface area (Å²) in [5, 5.41) is 6.68. The molecule has 1 fully saturated rings. The van der Waals surface area contributed by atoms with Gasteiger partial charge in [0.15, 0.2) is 6.29 Å². The highest BCUT2D eigenvalue weighted by molar-refractivity contribution is 9.10. The molecule has 24 heavy (non-hydrogen) atoms. The lowest BCUT2D eigenvalue weighted by Gasteiger charge is -2.05. The fraction of sp³-hybridized carbons (Fsp3) is 0.111. The Balaban J connectivity index is 1.76. The standard InChI is InChI=1S/C18H12BrClN2O2/c19-12-5-1-10(2-6-12)15-14(9-23)18(17(24)21-15)16(22-18)11-3-7-13(20)8-4-11/h1-9,16,22H,(H,21,24). The molecule has 1 saturated heterocycles. The molecule has 2 N–H and O–H groups in total. The van der Waals surface area contributed by atoms with Gasteiger partial charge in [0.2, 0.25) is 0 Å². The van der Waals surface area contributed by atoms with E-state index in [4.69, 9.17) is 11.6 Å². The average Bonchev–Trinajstić information content (AvgIpc) is 3.25. The number of hydrogen-bond acceptors (Lipinski definition) is 3. The van der Waals surface area contributed by atoms with Crippen molar-refractivity contribution in [3.05, 3.63) is 74.7 Å². The lowest BCUT2D eigenvalue weighted by molar-refractivity contribution is -0.121. The van der Waals surface area contributed by atoms with Gasteiger partial charge in [0.05, 0.1) is 11.7 Å². The van der Waals surface area contributed by atoms with Crippen LogP contribution in [-0.4, -0.2) is 17.7 Å². The van der Waals surface area contributed by atoms with Gasteiger partial charge in [-0.3, -0.25) is 14.9 Å². The minimum absolute atomic E-state index is 0.206. The minimum atomic E-state index is -0.988. The zero-order chi connectivity index (χ0) is 16.9. The number of halogens is 2. The first-order chi connectivity index (χ1) is 11.6. The molecule has 4 nitrogen and oxygen atoms in total. The lowest BCUT2D eigenvalue weighted by atomic mass is 9.92. The number of rotatable bonds is 3. The van der Waals surface area contributed by atoms with Crippen LogP contribution in [0.25, 0.3) is 5.70 Å². The SMILES string of the molecule is O=CC1=C(c2ccc(Br)cc2)NC(=O)C12NC2c1ccc(Cl)cc1. The molecule has 2 atom stereocenters. The molecule has 4 rings (SSSR count). The van der Waals surface area contributed by atoms with E-state index in [0.29, 0.717) is 16.3 Å². The van der Waals surface area contributed by atoms with E-state index in [1.54, 1.807) is 12.1 Å². The third-order valence-corrected chi connectivity index (χ3v) is 5.25. The predicted molar refractivity (Wildman–Crippen MR) is 95.3 cm³/mol. The number of aldehydes is 1. The van der Waals surface area contributed by atoms with Gasteiger partial charge in [-0.2, -0.15) is 0 Å². The highest BCUT2D eigenvalue weighted by atomic mass is 79.9. The first kappa shape index (κ1) is 15.6. The molecule has 1 amide bonds. The maximum absolute atomic E-state index is 12.6. The predicted octanol–water partition coefficient (Wildman–Crippen LogP) is 3.23. The monoisotopic (exact) mass is 402 g/mol. The quantitative estimate of drug-likeness (QED) is 0.611. The van der Waals surface area contributed by atoms with Crippen molar-refractivity contribution in [1.82, 2.24) is 10.6 Å². The number of benzene rings is 2. The van der Waals surface area contributed by atoms with Crippen LogP contribution in [0.15, 0.2) is 58.6 Å². The van der Waals surface area contributed by atoms with E-state index in [9.17, 15) is 9.59 Å². The Morgan fingerprint density at radius 1 is 1.08 bits per heavy atom. The maximum atomic E-state index is 12.6. The van der Waals surface area contributed by atoms with E-state index in [2.05, 4.69) is 26.6 Å². The molecule has 2 aromatic rings. The minimum Gasteiger partial charge on any atom is -0.323 e. The maximum Gasteiger partial charge on any atom is 0.251 e. The van der Waals surface area contributed by atoms with Crippen LogP contribution in [0.5, 0.6) is 0 Å². The van der Waals surface area contributed by atoms with Crippen molar-refractivity contribution in [2.75, 3.05) is 0 Å². The fourth-order valence-electron chi connectivity index (χ4n) is 3.20. The van der Waals surface area contributed by atoms with Crippen LogP contribution in [0.3, 0.4) is 0 Å². The van der Waals surface area contributed by atoms with Gasteiger partial charge >= 0.3 is 0 Å². The third kappa shape index (κ3) is 2.24. The Kier molecular flexibility index (Phi) is 3.60. The molecule has 2 heterocycles. The summed E-state index contributed by atoms with van der Waals surface area (Å²) in [7, 11) is 0. The first-order valence-electron chi connectivity index (χ1n) is 7.37. The number of nitrogens with one attached hydrogen (secondary N) is 2. The lowest BCUT2D eigenvalue weighted by Crippen LogP contribution is -2.32. The Labute approximate surface area is 152 Å². The van der Waals surface area contributed by atoms with E-state index in [1.807, 2.05) is 36.4 Å². The summed E-state index contributed by atoms with van der Waals surface area (Å²) in [6, 6.07) is 14.5. The van der Waals surface area contributed by atoms with Crippen LogP contribution in [0.1, 0.15) is 17.2 Å². The van der Waals surface area contributed by atoms with Gasteiger partial charge in [0.25, 0.3) is 5.91 Å². The first-order valence-corrected chi connectivity index (χ1v) is 8.54. The van der Waals surface area contributed by atoms with Crippen LogP contribution >= 0.6 is 27.5 Å². The number of carbonyl (C=O) groups is 2. The van der Waals surface area contributed by atoms with Gasteiger partial charge in [-0.25, -0.2) is 0 Å². The summed E-state index contributed by atoms with van der Waals surface area (Å²) in [4.78, 5) is 24.4. The molecule has 2 aliphatic heterocycles. The van der Waals surface area contributed by atoms with Crippen molar-refractivity contribution < 1.29 is 9.59 Å². The number of amides is 1. The summed E-state index contributed by atoms with van der Waals surface area (Å²) >= 11 is 9.30. The van der Waals surface area contributed by atoms with Crippen LogP contribution < -0.4 is 10.6 Å². The van der Waals surface area contributed by atoms with Crippen LogP contribution in [0.2, 0.25) is 5.02 Å². The van der Waals surface area contributed by atoms with Gasteiger partial charge in [-0.15, -0.1) is 0 Å². The van der Waals surface area contributed by atoms with E-state index in [-0.39, 0.29) is 11.9 Å². The van der Waals surface area contributed by atoms with Crippen molar-refractivity contribution in [2.45, 2.75) is 11.6 Å². The fourth-order valence-corrected chi connectivity index (χ4v) is 3.59. The highest BCUT2D eigenvalue weighted by Gasteiger charge is 2.66. The van der Waals surface area contributed by atoms with Crippen molar-refractivity contribution in [3.63, 3.8) is 0 Å². The molecule has 2 unspecified atom stereocenters. The van der Waals surface area contributed by atoms with Crippen molar-refractivity contribution in [1.29, 1.82) is 0 Å². The van der Waals surface area contributed by atoms with Crippen molar-refractivity contribution in [2.24, 2.45) is 0 Å². The van der Waals surface area contributed by atoms with E-state index >= 15 is 0 Å². The van der Waals surface area contributed by atoms with Gasteiger partial charge < -0.3 is 5.32 Å². The second-order valence-corrected chi connectivity index (χ2v) is 7.16. The molecule has 1 spiro atoms. The molecule has 2 aromatic carbocycles. The van der Waals surface area contributed by atoms with Crippen molar-refractivity contribution in [3.8, 4) is 0 Å². The van der Waals surface area contributed by atoms with Gasteiger partial charge in [0, 0.05) is 15.1 Å². The van der Waals surface area contributed by atoms with Gasteiger partial charge in [-0.05, 0) is 35.4 Å². The molecular weight excluding hydrogens is 392 g/mol. The average molecular weight is 404 g/mol. The smallest absolute Gasteiger partial charge is 0.251 e. The second-order valence-electron chi connectivity index (χ2n) is 5.80. The molecule has 0 aliphatic carbocycles. The molecule has 6 heteroatoms. The summed E-state index contributed by atoms with van der Waals surface area (Å²) in [5.41, 5.74) is 1.74. The van der Waals surface area contributed by atoms with Crippen LogP contribution in [-0.2, 0) is 9.59 Å². The Bertz CT molecular complexity index is 877. The van der Waals surface area contributed by atoms with E-state index in [0.717, 1.165) is 21.9 Å². The Morgan fingerprint density at radius 3 is 2.38 bits per heavy atom. The van der Waals surface area contributed by atoms with E-state index < -0.39 is 5.54 Å². The largest absolute Gasteiger partial charge is 0.323 e. The van der Waals surface area contributed by atoms with Crippen LogP contribution in [0.4, 0.5) is 0 Å². The third-order valence-electron chi connectivity index (χ3n) is 4.47. The molecule has 0 bridgehead atoms. The molecular formula is C18H12BrClN2O2.